The van der Waals surface area contributed by atoms with E-state index >= 15 is 0 Å². The van der Waals surface area contributed by atoms with Gasteiger partial charge in [0.2, 0.25) is 5.89 Å². The molecule has 0 bridgehead atoms. The molecule has 3 rings (SSSR count). The van der Waals surface area contributed by atoms with Gasteiger partial charge in [-0.2, -0.15) is 0 Å². The van der Waals surface area contributed by atoms with E-state index in [0.29, 0.717) is 16.7 Å². The fourth-order valence-electron chi connectivity index (χ4n) is 1.73. The summed E-state index contributed by atoms with van der Waals surface area (Å²) in [6.07, 6.45) is 3.26. The van der Waals surface area contributed by atoms with Gasteiger partial charge in [0.05, 0.1) is 5.75 Å². The zero-order chi connectivity index (χ0) is 15.4. The molecule has 2 aromatic heterocycles. The van der Waals surface area contributed by atoms with Gasteiger partial charge in [-0.25, -0.2) is 4.39 Å². The molecular formula is C15H10FN3O2S. The topological polar surface area (TPSA) is 68.9 Å². The molecule has 3 aromatic rings. The number of benzene rings is 1. The Labute approximate surface area is 129 Å². The van der Waals surface area contributed by atoms with Gasteiger partial charge in [0.15, 0.2) is 5.78 Å². The van der Waals surface area contributed by atoms with Crippen LogP contribution in [0, 0.1) is 5.82 Å². The van der Waals surface area contributed by atoms with Crippen LogP contribution in [-0.4, -0.2) is 26.7 Å². The number of Topliss-reactive ketones (excluding diaryl/α,β-unsaturated/α-hetero) is 1. The molecule has 0 amide bonds. The maximum absolute atomic E-state index is 12.8. The molecule has 0 aliphatic heterocycles. The molecule has 0 saturated heterocycles. The van der Waals surface area contributed by atoms with E-state index in [-0.39, 0.29) is 17.4 Å². The molecule has 0 spiro atoms. The highest BCUT2D eigenvalue weighted by Crippen LogP contribution is 2.23. The number of halogens is 1. The van der Waals surface area contributed by atoms with Gasteiger partial charge in [0.25, 0.3) is 5.22 Å². The van der Waals surface area contributed by atoms with Crippen LogP contribution in [0.3, 0.4) is 0 Å². The number of rotatable bonds is 5. The SMILES string of the molecule is O=C(CSc1nnc(-c2ccncc2)o1)c1ccc(F)cc1. The standard InChI is InChI=1S/C15H10FN3O2S/c16-12-3-1-10(2-4-12)13(20)9-22-15-19-18-14(21-15)11-5-7-17-8-6-11/h1-8H,9H2. The van der Waals surface area contributed by atoms with Crippen LogP contribution >= 0.6 is 11.8 Å². The van der Waals surface area contributed by atoms with E-state index in [9.17, 15) is 9.18 Å². The lowest BCUT2D eigenvalue weighted by atomic mass is 10.1. The largest absolute Gasteiger partial charge is 0.411 e. The van der Waals surface area contributed by atoms with E-state index < -0.39 is 0 Å². The van der Waals surface area contributed by atoms with E-state index in [1.807, 2.05) is 0 Å². The lowest BCUT2D eigenvalue weighted by molar-refractivity contribution is 0.102. The molecule has 0 fully saturated rings. The van der Waals surface area contributed by atoms with Gasteiger partial charge in [0, 0.05) is 23.5 Å². The molecule has 0 aliphatic rings. The molecule has 0 atom stereocenters. The van der Waals surface area contributed by atoms with Crippen molar-refractivity contribution in [3.8, 4) is 11.5 Å². The molecule has 110 valence electrons. The van der Waals surface area contributed by atoms with Crippen molar-refractivity contribution in [2.75, 3.05) is 5.75 Å². The summed E-state index contributed by atoms with van der Waals surface area (Å²) in [5.41, 5.74) is 1.21. The van der Waals surface area contributed by atoms with Gasteiger partial charge < -0.3 is 4.42 Å². The normalized spacial score (nSPS) is 10.6. The zero-order valence-electron chi connectivity index (χ0n) is 11.3. The number of hydrogen-bond donors (Lipinski definition) is 0. The summed E-state index contributed by atoms with van der Waals surface area (Å²) < 4.78 is 18.3. The van der Waals surface area contributed by atoms with E-state index in [0.717, 1.165) is 17.3 Å². The predicted octanol–water partition coefficient (Wildman–Crippen LogP) is 3.25. The summed E-state index contributed by atoms with van der Waals surface area (Å²) in [6.45, 7) is 0. The Bertz CT molecular complexity index is 775. The summed E-state index contributed by atoms with van der Waals surface area (Å²) in [5.74, 6) is 0.0137. The van der Waals surface area contributed by atoms with E-state index in [2.05, 4.69) is 15.2 Å². The number of ketones is 1. The third-order valence-corrected chi connectivity index (χ3v) is 3.65. The zero-order valence-corrected chi connectivity index (χ0v) is 12.1. The fraction of sp³-hybridized carbons (Fsp3) is 0.0667. The third kappa shape index (κ3) is 3.37. The Balaban J connectivity index is 1.64. The molecule has 0 N–H and O–H groups in total. The summed E-state index contributed by atoms with van der Waals surface area (Å²) in [7, 11) is 0. The second-order valence-electron chi connectivity index (χ2n) is 4.33. The molecule has 5 nitrogen and oxygen atoms in total. The molecule has 1 aromatic carbocycles. The van der Waals surface area contributed by atoms with Gasteiger partial charge in [-0.1, -0.05) is 11.8 Å². The van der Waals surface area contributed by atoms with Gasteiger partial charge in [0.1, 0.15) is 5.82 Å². The van der Waals surface area contributed by atoms with Crippen LogP contribution in [0.25, 0.3) is 11.5 Å². The minimum absolute atomic E-state index is 0.131. The number of thioether (sulfide) groups is 1. The molecular weight excluding hydrogens is 305 g/mol. The number of pyridine rings is 1. The molecule has 0 aliphatic carbocycles. The molecule has 0 saturated carbocycles. The smallest absolute Gasteiger partial charge is 0.277 e. The number of hydrogen-bond acceptors (Lipinski definition) is 6. The highest BCUT2D eigenvalue weighted by atomic mass is 32.2. The van der Waals surface area contributed by atoms with Gasteiger partial charge in [-0.15, -0.1) is 10.2 Å². The first kappa shape index (κ1) is 14.4. The Kier molecular flexibility index (Phi) is 4.24. The van der Waals surface area contributed by atoms with Crippen molar-refractivity contribution >= 4 is 17.5 Å². The molecule has 22 heavy (non-hydrogen) atoms. The average Bonchev–Trinajstić information content (AvgIpc) is 3.03. The quantitative estimate of drug-likeness (QED) is 0.532. The van der Waals surface area contributed by atoms with Crippen molar-refractivity contribution in [2.24, 2.45) is 0 Å². The molecule has 7 heteroatoms. The fourth-order valence-corrected chi connectivity index (χ4v) is 2.38. The summed E-state index contributed by atoms with van der Waals surface area (Å²) in [6, 6.07) is 8.93. The second-order valence-corrected chi connectivity index (χ2v) is 5.25. The first-order valence-corrected chi connectivity index (χ1v) is 7.36. The van der Waals surface area contributed by atoms with Crippen LogP contribution in [0.1, 0.15) is 10.4 Å². The maximum Gasteiger partial charge on any atom is 0.277 e. The number of nitrogens with zero attached hydrogens (tertiary/aromatic N) is 3. The second kappa shape index (κ2) is 6.48. The Morgan fingerprint density at radius 2 is 1.82 bits per heavy atom. The van der Waals surface area contributed by atoms with Crippen molar-refractivity contribution in [3.63, 3.8) is 0 Å². The minimum Gasteiger partial charge on any atom is -0.411 e. The lowest BCUT2D eigenvalue weighted by Gasteiger charge is -1.98. The highest BCUT2D eigenvalue weighted by molar-refractivity contribution is 7.99. The number of carbonyl (C=O) groups is 1. The molecule has 0 unspecified atom stereocenters. The average molecular weight is 315 g/mol. The minimum atomic E-state index is -0.372. The predicted molar refractivity (Wildman–Crippen MR) is 79.0 cm³/mol. The van der Waals surface area contributed by atoms with Gasteiger partial charge in [-0.3, -0.25) is 9.78 Å². The molecule has 0 radical (unpaired) electrons. The van der Waals surface area contributed by atoms with Crippen LogP contribution in [0.15, 0.2) is 58.4 Å². The summed E-state index contributed by atoms with van der Waals surface area (Å²) in [4.78, 5) is 15.9. The van der Waals surface area contributed by atoms with Crippen LogP contribution in [0.5, 0.6) is 0 Å². The highest BCUT2D eigenvalue weighted by Gasteiger charge is 2.12. The van der Waals surface area contributed by atoms with Crippen LogP contribution in [0.2, 0.25) is 0 Å². The van der Waals surface area contributed by atoms with Crippen molar-refractivity contribution in [1.82, 2.24) is 15.2 Å². The lowest BCUT2D eigenvalue weighted by Crippen LogP contribution is -2.02. The Hall–Kier alpha value is -2.54. The first-order valence-electron chi connectivity index (χ1n) is 6.38. The van der Waals surface area contributed by atoms with Crippen molar-refractivity contribution in [3.05, 3.63) is 60.2 Å². The van der Waals surface area contributed by atoms with Crippen LogP contribution in [-0.2, 0) is 0 Å². The monoisotopic (exact) mass is 315 g/mol. The third-order valence-electron chi connectivity index (χ3n) is 2.83. The summed E-state index contributed by atoms with van der Waals surface area (Å²) >= 11 is 1.14. The van der Waals surface area contributed by atoms with Crippen LogP contribution < -0.4 is 0 Å². The van der Waals surface area contributed by atoms with Crippen molar-refractivity contribution in [1.29, 1.82) is 0 Å². The van der Waals surface area contributed by atoms with Crippen molar-refractivity contribution in [2.45, 2.75) is 5.22 Å². The number of aromatic nitrogens is 3. The van der Waals surface area contributed by atoms with Gasteiger partial charge in [-0.05, 0) is 36.4 Å². The van der Waals surface area contributed by atoms with Crippen LogP contribution in [0.4, 0.5) is 4.39 Å². The van der Waals surface area contributed by atoms with E-state index in [1.165, 1.54) is 24.3 Å². The first-order chi connectivity index (χ1) is 10.7. The summed E-state index contributed by atoms with van der Waals surface area (Å²) in [5, 5.41) is 8.12. The Morgan fingerprint density at radius 1 is 1.09 bits per heavy atom. The van der Waals surface area contributed by atoms with Gasteiger partial charge >= 0.3 is 0 Å². The Morgan fingerprint density at radius 3 is 2.55 bits per heavy atom. The van der Waals surface area contributed by atoms with E-state index in [1.54, 1.807) is 24.5 Å². The van der Waals surface area contributed by atoms with E-state index in [4.69, 9.17) is 4.42 Å². The van der Waals surface area contributed by atoms with Crippen molar-refractivity contribution < 1.29 is 13.6 Å². The maximum atomic E-state index is 12.8. The number of carbonyl (C=O) groups excluding carboxylic acids is 1. The molecule has 2 heterocycles.